The number of likely N-dealkylation sites (tertiary alicyclic amines) is 6. The van der Waals surface area contributed by atoms with Crippen LogP contribution in [0.15, 0.2) is 91.1 Å². The number of urea groups is 3. The van der Waals surface area contributed by atoms with E-state index in [1.165, 1.54) is 7.11 Å². The van der Waals surface area contributed by atoms with Crippen LogP contribution in [0.25, 0.3) is 0 Å². The summed E-state index contributed by atoms with van der Waals surface area (Å²) in [6, 6.07) is 25.5. The number of carbonyl (C=O) groups excluding carboxylic acids is 11. The minimum Gasteiger partial charge on any atom is -0.453 e. The van der Waals surface area contributed by atoms with Gasteiger partial charge >= 0.3 is 30.3 Å². The lowest BCUT2D eigenvalue weighted by Gasteiger charge is -2.17. The number of methoxy groups -OCH3 is 1. The number of aromatic nitrogens is 13. The predicted molar refractivity (Wildman–Crippen MR) is 490 cm³/mol. The highest BCUT2D eigenvalue weighted by atomic mass is 16.6. The molecule has 1 aliphatic carbocycles. The number of para-hydroxylation sites is 1. The first-order chi connectivity index (χ1) is 62.6. The number of nitrogens with one attached hydrogen (secondary N) is 15. The van der Waals surface area contributed by atoms with Crippen LogP contribution in [0, 0.1) is 0 Å². The molecule has 7 aromatic heterocycles. The van der Waals surface area contributed by atoms with E-state index in [1.54, 1.807) is 86.3 Å². The van der Waals surface area contributed by atoms with Crippen molar-refractivity contribution in [2.75, 3.05) is 98.0 Å². The van der Waals surface area contributed by atoms with Crippen molar-refractivity contribution in [3.05, 3.63) is 159 Å². The SMILES string of the molecule is CC(C)NC(=O)NC1CCN(C(=O)c2cc(C(C)C)[nH]n2)C1.CC(C)c1cc(C(=O)N2CCC(NC(=O)NC3CC3)C2)n[nH]1.CC(C)c1cc(C(=O)N2CCC(NC(=O)Oc3ccccc3)C2)n[nH]1.CC(C)c1cc(C(=O)N2CCC(Nc3ccccn3)C2)n[nH]1.CNC(=O)NC1CCN(C(=O)c2cc(C(C)C)[nH]n2)C1.COC(=O)NC1CCN(C(=O)c2cc(C(C)C)[nH]n2)C1. The average Bonchev–Trinajstić information content (AvgIpc) is 1.71. The third kappa shape index (κ3) is 30.1. The number of rotatable bonds is 22. The second-order valence-electron chi connectivity index (χ2n) is 35.8. The summed E-state index contributed by atoms with van der Waals surface area (Å²) in [6.45, 7) is 35.5. The van der Waals surface area contributed by atoms with E-state index in [0.29, 0.717) is 154 Å². The zero-order chi connectivity index (χ0) is 94.7. The number of aromatic amines is 6. The number of benzene rings is 1. The summed E-state index contributed by atoms with van der Waals surface area (Å²) >= 11 is 0. The number of ether oxygens (including phenoxy) is 2. The molecule has 710 valence electrons. The highest BCUT2D eigenvalue weighted by Crippen LogP contribution is 2.26. The number of pyridine rings is 1. The Morgan fingerprint density at radius 1 is 0.336 bits per heavy atom. The molecule has 41 nitrogen and oxygen atoms in total. The first-order valence-corrected chi connectivity index (χ1v) is 45.3. The van der Waals surface area contributed by atoms with Gasteiger partial charge in [0.25, 0.3) is 35.4 Å². The Hall–Kier alpha value is -13.4. The van der Waals surface area contributed by atoms with Crippen LogP contribution in [-0.2, 0) is 4.74 Å². The first-order valence-electron chi connectivity index (χ1n) is 45.3. The van der Waals surface area contributed by atoms with E-state index in [2.05, 4.69) is 146 Å². The zero-order valence-corrected chi connectivity index (χ0v) is 78.0. The normalized spacial score (nSPS) is 18.5. The molecule has 0 bridgehead atoms. The maximum Gasteiger partial charge on any atom is 0.412 e. The van der Waals surface area contributed by atoms with Crippen molar-refractivity contribution in [3.8, 4) is 5.75 Å². The fourth-order valence-electron chi connectivity index (χ4n) is 14.9. The second kappa shape index (κ2) is 47.8. The molecule has 13 heterocycles. The van der Waals surface area contributed by atoms with Gasteiger partial charge in [0.15, 0.2) is 0 Å². The lowest BCUT2D eigenvalue weighted by Crippen LogP contribution is -2.45. The van der Waals surface area contributed by atoms with Gasteiger partial charge in [-0.1, -0.05) is 107 Å². The van der Waals surface area contributed by atoms with E-state index in [4.69, 9.17) is 4.74 Å². The summed E-state index contributed by atoms with van der Waals surface area (Å²) in [5.74, 6) is 2.71. The molecule has 7 fully saturated rings. The van der Waals surface area contributed by atoms with Crippen molar-refractivity contribution < 1.29 is 62.2 Å². The fraction of sp³-hybridized carbons (Fsp3) is 0.556. The van der Waals surface area contributed by atoms with E-state index in [1.807, 2.05) is 111 Å². The predicted octanol–water partition coefficient (Wildman–Crippen LogP) is 9.24. The Morgan fingerprint density at radius 3 is 0.901 bits per heavy atom. The number of H-pyrrole nitrogens is 6. The number of carbonyl (C=O) groups is 11. The van der Waals surface area contributed by atoms with Gasteiger partial charge in [-0.05, 0) is 161 Å². The molecular formula is C90H132N28O13. The van der Waals surface area contributed by atoms with Gasteiger partial charge in [-0.25, -0.2) is 29.0 Å². The molecule has 0 spiro atoms. The third-order valence-corrected chi connectivity index (χ3v) is 22.9. The minimum atomic E-state index is -0.507. The topological polar surface area (TPSA) is 519 Å². The molecule has 8 aromatic rings. The van der Waals surface area contributed by atoms with Crippen molar-refractivity contribution in [3.63, 3.8) is 0 Å². The van der Waals surface area contributed by atoms with Crippen LogP contribution >= 0.6 is 0 Å². The van der Waals surface area contributed by atoms with E-state index in [0.717, 1.165) is 91.5 Å². The van der Waals surface area contributed by atoms with Crippen LogP contribution in [0.4, 0.5) is 29.8 Å². The smallest absolute Gasteiger partial charge is 0.412 e. The maximum atomic E-state index is 12.5. The Labute approximate surface area is 763 Å². The standard InChI is InChI=1S/C18H22N4O3.C16H21N5O.C15H23N5O2.C15H25N5O2.C13H21N5O2.C13H20N4O3/c1-12(2)15-10-16(21-20-15)17(23)22-9-8-13(11-22)19-18(24)25-14-6-4-3-5-7-14;1-11(2)13-9-14(20-19-13)16(22)21-8-6-12(10-21)18-15-5-3-4-7-17-15;1-9(2)12-7-13(19-18-12)14(21)20-6-5-11(8-20)17-15(22)16-10-3-4-10;1-9(2)12-7-13(19-18-12)14(21)20-6-5-11(8-20)17-15(22)16-10(3)4;1-8(2)10-6-11(17-16-10)12(19)18-5-4-9(7-18)15-13(20)14-3;1-8(2)10-6-11(16-15-10)12(18)17-5-4-9(7-17)14-13(19)20-3/h3-7,10,12-13H,8-9,11H2,1-2H3,(H,19,24)(H,20,21);3-5,7,9,11-12H,6,8,10H2,1-2H3,(H,17,18)(H,19,20);7,9-11H,3-6,8H2,1-2H3,(H,18,19)(H2,16,17,22);7,9-11H,5-6,8H2,1-4H3,(H,18,19)(H2,16,17,22);6,8-9H,4-5,7H2,1-3H3,(H,16,17)(H2,14,15,20);6,8-9H,4-5,7H2,1-3H3,(H,14,19)(H,15,16). The van der Waals surface area contributed by atoms with Crippen LogP contribution in [-0.4, -0.2) is 302 Å². The summed E-state index contributed by atoms with van der Waals surface area (Å²) in [7, 11) is 2.90. The van der Waals surface area contributed by atoms with Gasteiger partial charge in [0, 0.05) is 162 Å². The van der Waals surface area contributed by atoms with Crippen LogP contribution in [0.5, 0.6) is 5.75 Å². The van der Waals surface area contributed by atoms with Crippen LogP contribution in [0.3, 0.4) is 0 Å². The van der Waals surface area contributed by atoms with Crippen molar-refractivity contribution >= 4 is 71.5 Å². The Morgan fingerprint density at radius 2 is 0.618 bits per heavy atom. The maximum absolute atomic E-state index is 12.5. The molecule has 6 saturated heterocycles. The van der Waals surface area contributed by atoms with Gasteiger partial charge in [0.2, 0.25) is 0 Å². The number of anilines is 1. The van der Waals surface area contributed by atoms with Gasteiger partial charge in [0.05, 0.1) is 19.2 Å². The fourth-order valence-corrected chi connectivity index (χ4v) is 14.9. The summed E-state index contributed by atoms with van der Waals surface area (Å²) in [4.78, 5) is 147. The van der Waals surface area contributed by atoms with Crippen molar-refractivity contribution in [1.29, 1.82) is 0 Å². The monoisotopic (exact) mass is 1810 g/mol. The molecule has 41 heteroatoms. The third-order valence-electron chi connectivity index (χ3n) is 22.9. The first kappa shape index (κ1) is 99.8. The van der Waals surface area contributed by atoms with Crippen molar-refractivity contribution in [1.82, 2.24) is 138 Å². The minimum absolute atomic E-state index is 0.00223. The number of nitrogens with zero attached hydrogens (tertiary/aromatic N) is 13. The van der Waals surface area contributed by atoms with Crippen LogP contribution < -0.4 is 52.6 Å². The summed E-state index contributed by atoms with van der Waals surface area (Å²) < 4.78 is 9.77. The lowest BCUT2D eigenvalue weighted by molar-refractivity contribution is 0.0775. The average molecular weight is 1810 g/mol. The van der Waals surface area contributed by atoms with E-state index in [-0.39, 0.29) is 102 Å². The molecule has 131 heavy (non-hydrogen) atoms. The quantitative estimate of drug-likeness (QED) is 0.0300. The van der Waals surface area contributed by atoms with Gasteiger partial charge in [-0.3, -0.25) is 59.4 Å². The molecule has 6 aliphatic heterocycles. The largest absolute Gasteiger partial charge is 0.453 e. The molecule has 15 N–H and O–H groups in total. The number of hydrogen-bond acceptors (Lipinski definition) is 21. The van der Waals surface area contributed by atoms with Crippen molar-refractivity contribution in [2.24, 2.45) is 0 Å². The Bertz CT molecular complexity index is 4890. The van der Waals surface area contributed by atoms with Gasteiger partial charge in [0.1, 0.15) is 45.7 Å². The lowest BCUT2D eigenvalue weighted by atomic mass is 10.1. The van der Waals surface area contributed by atoms with Gasteiger partial charge < -0.3 is 86.7 Å². The summed E-state index contributed by atoms with van der Waals surface area (Å²) in [5.41, 5.74) is 8.40. The summed E-state index contributed by atoms with van der Waals surface area (Å²) in [6.07, 6.45) is 7.57. The van der Waals surface area contributed by atoms with E-state index >= 15 is 0 Å². The molecular weight excluding hydrogens is 1680 g/mol. The van der Waals surface area contributed by atoms with Crippen LogP contribution in [0.2, 0.25) is 0 Å². The van der Waals surface area contributed by atoms with Gasteiger partial charge in [-0.15, -0.1) is 0 Å². The Kier molecular flexibility index (Phi) is 36.4. The molecule has 1 saturated carbocycles. The molecule has 6 unspecified atom stereocenters. The van der Waals surface area contributed by atoms with E-state index < -0.39 is 12.2 Å². The van der Waals surface area contributed by atoms with Crippen LogP contribution in [0.1, 0.15) is 281 Å². The highest BCUT2D eigenvalue weighted by Gasteiger charge is 2.37. The molecule has 1 aromatic carbocycles. The number of hydrogen-bond donors (Lipinski definition) is 15. The molecule has 7 aliphatic rings. The number of amides is 14. The summed E-state index contributed by atoms with van der Waals surface area (Å²) in [5, 5.41) is 67.7. The number of alkyl carbamates (subject to hydrolysis) is 1. The molecule has 15 rings (SSSR count). The molecule has 0 radical (unpaired) electrons. The molecule has 14 amide bonds. The zero-order valence-electron chi connectivity index (χ0n) is 78.0. The van der Waals surface area contributed by atoms with E-state index in [9.17, 15) is 52.7 Å². The van der Waals surface area contributed by atoms with Crippen molar-refractivity contribution in [2.45, 2.75) is 232 Å². The highest BCUT2D eigenvalue weighted by molar-refractivity contribution is 5.96. The Balaban J connectivity index is 0.000000163. The molecule has 6 atom stereocenters. The van der Waals surface area contributed by atoms with Gasteiger partial charge in [-0.2, -0.15) is 30.6 Å². The second-order valence-corrected chi connectivity index (χ2v) is 35.8.